The van der Waals surface area contributed by atoms with Gasteiger partial charge in [-0.1, -0.05) is 0 Å². The fourth-order valence-corrected chi connectivity index (χ4v) is 18.6. The van der Waals surface area contributed by atoms with Crippen LogP contribution in [-0.4, -0.2) is 18.4 Å². The van der Waals surface area contributed by atoms with Crippen LogP contribution in [-0.2, 0) is 0 Å². The first-order chi connectivity index (χ1) is 11.1. The van der Waals surface area contributed by atoms with Crippen LogP contribution in [0.2, 0.25) is 8.87 Å². The van der Waals surface area contributed by atoms with E-state index >= 15 is 0 Å². The van der Waals surface area contributed by atoms with Crippen LogP contribution in [0, 0.1) is 11.6 Å². The predicted octanol–water partition coefficient (Wildman–Crippen LogP) is 5.13. The molecule has 0 aliphatic rings. The SMILES string of the molecule is CCC[CH2][Sn]([CH2]CCC)([c]1cccc(F)c1)[c]1cccc(F)c1. The molecule has 0 unspecified atom stereocenters. The number of benzene rings is 2. The van der Waals surface area contributed by atoms with Crippen LogP contribution in [0.3, 0.4) is 0 Å². The Kier molecular flexibility index (Phi) is 7.06. The molecule has 0 aliphatic heterocycles. The van der Waals surface area contributed by atoms with Crippen molar-refractivity contribution in [2.45, 2.75) is 48.4 Å². The molecule has 0 fully saturated rings. The summed E-state index contributed by atoms with van der Waals surface area (Å²) >= 11 is -3.07. The first-order valence-electron chi connectivity index (χ1n) is 8.64. The molecule has 0 nitrogen and oxygen atoms in total. The number of rotatable bonds is 8. The van der Waals surface area contributed by atoms with E-state index in [1.165, 1.54) is 19.3 Å². The predicted molar refractivity (Wildman–Crippen MR) is 97.3 cm³/mol. The molecule has 2 aromatic rings. The van der Waals surface area contributed by atoms with Crippen molar-refractivity contribution >= 4 is 25.5 Å². The van der Waals surface area contributed by atoms with E-state index in [9.17, 15) is 8.78 Å². The summed E-state index contributed by atoms with van der Waals surface area (Å²) < 4.78 is 32.4. The van der Waals surface area contributed by atoms with Gasteiger partial charge in [-0.2, -0.15) is 0 Å². The van der Waals surface area contributed by atoms with Crippen molar-refractivity contribution in [3.8, 4) is 0 Å². The molecule has 2 rings (SSSR count). The first-order valence-corrected chi connectivity index (χ1v) is 15.5. The third-order valence-electron chi connectivity index (χ3n) is 4.67. The molecule has 0 amide bonds. The summed E-state index contributed by atoms with van der Waals surface area (Å²) in [6.07, 6.45) is 4.50. The van der Waals surface area contributed by atoms with E-state index in [4.69, 9.17) is 0 Å². The number of halogens is 2. The maximum atomic E-state index is 13.9. The second kappa shape index (κ2) is 8.81. The zero-order chi connectivity index (χ0) is 16.7. The molecule has 0 bridgehead atoms. The van der Waals surface area contributed by atoms with Crippen LogP contribution in [0.15, 0.2) is 48.5 Å². The van der Waals surface area contributed by atoms with Crippen LogP contribution in [0.25, 0.3) is 0 Å². The van der Waals surface area contributed by atoms with E-state index in [0.29, 0.717) is 0 Å². The number of hydrogen-bond acceptors (Lipinski definition) is 0. The summed E-state index contributed by atoms with van der Waals surface area (Å²) in [5.41, 5.74) is 0. The Morgan fingerprint density at radius 3 is 1.52 bits per heavy atom. The Labute approximate surface area is 142 Å². The molecule has 0 saturated carbocycles. The third kappa shape index (κ3) is 4.56. The van der Waals surface area contributed by atoms with Crippen molar-refractivity contribution in [3.63, 3.8) is 0 Å². The van der Waals surface area contributed by atoms with Crippen molar-refractivity contribution in [1.29, 1.82) is 0 Å². The molecule has 0 atom stereocenters. The molecular formula is C20H26F2Sn. The average Bonchev–Trinajstić information content (AvgIpc) is 2.55. The van der Waals surface area contributed by atoms with Crippen LogP contribution >= 0.6 is 0 Å². The average molecular weight is 423 g/mol. The summed E-state index contributed by atoms with van der Waals surface area (Å²) in [5, 5.41) is 0. The van der Waals surface area contributed by atoms with Gasteiger partial charge in [-0.05, 0) is 0 Å². The molecular weight excluding hydrogens is 397 g/mol. The summed E-state index contributed by atoms with van der Waals surface area (Å²) in [4.78, 5) is 0. The van der Waals surface area contributed by atoms with E-state index in [0.717, 1.165) is 34.6 Å². The molecule has 0 saturated heterocycles. The van der Waals surface area contributed by atoms with Crippen LogP contribution in [0.5, 0.6) is 0 Å². The Balaban J connectivity index is 2.58. The summed E-state index contributed by atoms with van der Waals surface area (Å²) in [5.74, 6) is -0.346. The van der Waals surface area contributed by atoms with E-state index in [2.05, 4.69) is 26.0 Å². The molecule has 124 valence electrons. The van der Waals surface area contributed by atoms with E-state index in [-0.39, 0.29) is 11.6 Å². The van der Waals surface area contributed by atoms with Gasteiger partial charge in [0.1, 0.15) is 0 Å². The van der Waals surface area contributed by atoms with Crippen LogP contribution < -0.4 is 7.16 Å². The molecule has 0 aromatic heterocycles. The van der Waals surface area contributed by atoms with Gasteiger partial charge < -0.3 is 0 Å². The Hall–Kier alpha value is -0.901. The van der Waals surface area contributed by atoms with Crippen molar-refractivity contribution in [2.24, 2.45) is 0 Å². The van der Waals surface area contributed by atoms with E-state index in [1.54, 1.807) is 12.1 Å². The molecule has 0 N–H and O–H groups in total. The van der Waals surface area contributed by atoms with Crippen molar-refractivity contribution in [2.75, 3.05) is 0 Å². The topological polar surface area (TPSA) is 0 Å². The van der Waals surface area contributed by atoms with Gasteiger partial charge in [-0.25, -0.2) is 0 Å². The van der Waals surface area contributed by atoms with Gasteiger partial charge in [-0.15, -0.1) is 0 Å². The molecule has 2 aromatic carbocycles. The van der Waals surface area contributed by atoms with Gasteiger partial charge in [-0.3, -0.25) is 0 Å². The molecule has 0 radical (unpaired) electrons. The van der Waals surface area contributed by atoms with Gasteiger partial charge in [0.05, 0.1) is 0 Å². The summed E-state index contributed by atoms with van der Waals surface area (Å²) in [6, 6.07) is 14.2. The molecule has 23 heavy (non-hydrogen) atoms. The van der Waals surface area contributed by atoms with Crippen LogP contribution in [0.1, 0.15) is 39.5 Å². The Morgan fingerprint density at radius 2 is 1.17 bits per heavy atom. The van der Waals surface area contributed by atoms with E-state index in [1.807, 2.05) is 12.1 Å². The Bertz CT molecular complexity index is 569. The van der Waals surface area contributed by atoms with Crippen molar-refractivity contribution in [3.05, 3.63) is 60.2 Å². The van der Waals surface area contributed by atoms with Crippen molar-refractivity contribution in [1.82, 2.24) is 0 Å². The monoisotopic (exact) mass is 424 g/mol. The van der Waals surface area contributed by atoms with E-state index < -0.39 is 18.4 Å². The Morgan fingerprint density at radius 1 is 0.739 bits per heavy atom. The number of unbranched alkanes of at least 4 members (excludes halogenated alkanes) is 2. The number of hydrogen-bond donors (Lipinski definition) is 0. The fraction of sp³-hybridized carbons (Fsp3) is 0.400. The molecule has 0 heterocycles. The zero-order valence-electron chi connectivity index (χ0n) is 14.1. The standard InChI is InChI=1S/2C6H4F.2C4H9.Sn/c2*7-6-4-2-1-3-5-6;2*1-3-4-2;/h2*1-2,4-5H;2*1,3-4H2,2H3;. The minimum atomic E-state index is -3.07. The maximum absolute atomic E-state index is 13.9. The second-order valence-electron chi connectivity index (χ2n) is 6.31. The fourth-order valence-electron chi connectivity index (χ4n) is 3.40. The molecule has 0 spiro atoms. The van der Waals surface area contributed by atoms with Gasteiger partial charge in [0.15, 0.2) is 0 Å². The minimum absolute atomic E-state index is 0.173. The third-order valence-corrected chi connectivity index (χ3v) is 19.6. The first kappa shape index (κ1) is 18.4. The second-order valence-corrected chi connectivity index (χ2v) is 18.6. The van der Waals surface area contributed by atoms with Gasteiger partial charge in [0, 0.05) is 0 Å². The van der Waals surface area contributed by atoms with Crippen molar-refractivity contribution < 1.29 is 8.78 Å². The zero-order valence-corrected chi connectivity index (χ0v) is 17.0. The summed E-state index contributed by atoms with van der Waals surface area (Å²) in [6.45, 7) is 4.38. The molecule has 3 heteroatoms. The summed E-state index contributed by atoms with van der Waals surface area (Å²) in [7, 11) is 0. The molecule has 0 aliphatic carbocycles. The van der Waals surface area contributed by atoms with Gasteiger partial charge in [0.25, 0.3) is 0 Å². The quantitative estimate of drug-likeness (QED) is 0.517. The van der Waals surface area contributed by atoms with Gasteiger partial charge >= 0.3 is 143 Å². The van der Waals surface area contributed by atoms with Crippen LogP contribution in [0.4, 0.5) is 8.78 Å². The normalized spacial score (nSPS) is 11.7. The van der Waals surface area contributed by atoms with Gasteiger partial charge in [0.2, 0.25) is 0 Å².